The molecule has 1 amide bonds. The molecular formula is C24H28N6O. The molecule has 7 nitrogen and oxygen atoms in total. The molecule has 3 aromatic rings. The van der Waals surface area contributed by atoms with Crippen LogP contribution in [0.15, 0.2) is 54.9 Å². The van der Waals surface area contributed by atoms with Crippen LogP contribution in [0.5, 0.6) is 0 Å². The van der Waals surface area contributed by atoms with Crippen molar-refractivity contribution < 1.29 is 4.79 Å². The molecule has 2 fully saturated rings. The van der Waals surface area contributed by atoms with Gasteiger partial charge in [-0.25, -0.2) is 4.98 Å². The van der Waals surface area contributed by atoms with Gasteiger partial charge in [0.1, 0.15) is 5.82 Å². The lowest BCUT2D eigenvalue weighted by Crippen LogP contribution is -2.49. The Morgan fingerprint density at radius 1 is 0.839 bits per heavy atom. The first-order valence-electron chi connectivity index (χ1n) is 11.1. The molecule has 0 saturated carbocycles. The van der Waals surface area contributed by atoms with Gasteiger partial charge >= 0.3 is 0 Å². The predicted molar refractivity (Wildman–Crippen MR) is 122 cm³/mol. The highest BCUT2D eigenvalue weighted by molar-refractivity contribution is 5.94. The van der Waals surface area contributed by atoms with Gasteiger partial charge in [0.2, 0.25) is 5.95 Å². The molecule has 0 spiro atoms. The van der Waals surface area contributed by atoms with E-state index in [2.05, 4.69) is 20.9 Å². The Kier molecular flexibility index (Phi) is 5.32. The Bertz CT molecular complexity index is 1030. The number of nitrogens with zero attached hydrogens (tertiary/aromatic N) is 6. The highest BCUT2D eigenvalue weighted by Gasteiger charge is 2.24. The number of amides is 1. The highest BCUT2D eigenvalue weighted by Crippen LogP contribution is 2.22. The predicted octanol–water partition coefficient (Wildman–Crippen LogP) is 3.14. The van der Waals surface area contributed by atoms with Gasteiger partial charge in [-0.15, -0.1) is 0 Å². The second kappa shape index (κ2) is 8.41. The molecular weight excluding hydrogens is 388 g/mol. The molecule has 0 aliphatic carbocycles. The maximum atomic E-state index is 13.0. The van der Waals surface area contributed by atoms with E-state index >= 15 is 0 Å². The second-order valence-electron chi connectivity index (χ2n) is 8.28. The average molecular weight is 417 g/mol. The summed E-state index contributed by atoms with van der Waals surface area (Å²) >= 11 is 0. The van der Waals surface area contributed by atoms with Gasteiger partial charge in [0.05, 0.1) is 0 Å². The first-order chi connectivity index (χ1) is 15.2. The Hall–Kier alpha value is -3.35. The van der Waals surface area contributed by atoms with Gasteiger partial charge in [-0.05, 0) is 56.2 Å². The van der Waals surface area contributed by atoms with E-state index in [-0.39, 0.29) is 5.91 Å². The van der Waals surface area contributed by atoms with E-state index in [0.29, 0.717) is 13.1 Å². The lowest BCUT2D eigenvalue weighted by Gasteiger charge is -2.35. The summed E-state index contributed by atoms with van der Waals surface area (Å²) < 4.78 is 2.03. The van der Waals surface area contributed by atoms with Gasteiger partial charge in [-0.3, -0.25) is 4.79 Å². The molecule has 160 valence electrons. The molecule has 5 rings (SSSR count). The summed E-state index contributed by atoms with van der Waals surface area (Å²) in [6.45, 7) is 7.05. The van der Waals surface area contributed by atoms with E-state index in [4.69, 9.17) is 4.98 Å². The van der Waals surface area contributed by atoms with Crippen molar-refractivity contribution in [3.05, 3.63) is 66.1 Å². The SMILES string of the molecule is Cc1cc(N2CCN(C(=O)c3ccc(-n4cccc4)cc3)CC2)nc(N2CCCC2)n1. The Labute approximate surface area is 182 Å². The van der Waals surface area contributed by atoms with Crippen molar-refractivity contribution in [1.82, 2.24) is 19.4 Å². The summed E-state index contributed by atoms with van der Waals surface area (Å²) in [6, 6.07) is 13.9. The van der Waals surface area contributed by atoms with Gasteiger partial charge in [0.25, 0.3) is 5.91 Å². The van der Waals surface area contributed by atoms with Crippen LogP contribution in [-0.4, -0.2) is 64.6 Å². The van der Waals surface area contributed by atoms with E-state index in [1.807, 2.05) is 65.2 Å². The van der Waals surface area contributed by atoms with Crippen LogP contribution in [0.4, 0.5) is 11.8 Å². The Morgan fingerprint density at radius 2 is 1.52 bits per heavy atom. The highest BCUT2D eigenvalue weighted by atomic mass is 16.2. The van der Waals surface area contributed by atoms with Gasteiger partial charge in [0.15, 0.2) is 0 Å². The molecule has 0 unspecified atom stereocenters. The van der Waals surface area contributed by atoms with E-state index in [1.165, 1.54) is 12.8 Å². The summed E-state index contributed by atoms with van der Waals surface area (Å²) in [7, 11) is 0. The number of hydrogen-bond donors (Lipinski definition) is 0. The number of anilines is 2. The van der Waals surface area contributed by atoms with Crippen molar-refractivity contribution in [2.75, 3.05) is 49.1 Å². The summed E-state index contributed by atoms with van der Waals surface area (Å²) in [6.07, 6.45) is 6.42. The number of aryl methyl sites for hydroxylation is 1. The van der Waals surface area contributed by atoms with Crippen LogP contribution in [-0.2, 0) is 0 Å². The van der Waals surface area contributed by atoms with Gasteiger partial charge in [-0.2, -0.15) is 4.98 Å². The number of carbonyl (C=O) groups is 1. The van der Waals surface area contributed by atoms with Crippen LogP contribution in [0, 0.1) is 6.92 Å². The summed E-state index contributed by atoms with van der Waals surface area (Å²) in [4.78, 5) is 29.0. The zero-order valence-electron chi connectivity index (χ0n) is 17.9. The summed E-state index contributed by atoms with van der Waals surface area (Å²) in [5.41, 5.74) is 2.78. The van der Waals surface area contributed by atoms with Crippen molar-refractivity contribution in [2.45, 2.75) is 19.8 Å². The fraction of sp³-hybridized carbons (Fsp3) is 0.375. The van der Waals surface area contributed by atoms with E-state index in [1.54, 1.807) is 0 Å². The molecule has 2 aliphatic heterocycles. The third kappa shape index (κ3) is 4.13. The molecule has 0 radical (unpaired) electrons. The van der Waals surface area contributed by atoms with Gasteiger partial charge in [-0.1, -0.05) is 0 Å². The Balaban J connectivity index is 1.23. The van der Waals surface area contributed by atoms with E-state index < -0.39 is 0 Å². The molecule has 2 aromatic heterocycles. The minimum absolute atomic E-state index is 0.0929. The molecule has 0 atom stereocenters. The molecule has 1 aromatic carbocycles. The summed E-state index contributed by atoms with van der Waals surface area (Å²) in [5, 5.41) is 0. The molecule has 7 heteroatoms. The monoisotopic (exact) mass is 416 g/mol. The standard InChI is InChI=1S/C24H28N6O/c1-19-18-22(26-24(25-19)30-12-4-5-13-30)28-14-16-29(17-15-28)23(31)20-6-8-21(9-7-20)27-10-2-3-11-27/h2-3,6-11,18H,4-5,12-17H2,1H3. The van der Waals surface area contributed by atoms with Crippen molar-refractivity contribution in [3.8, 4) is 5.69 Å². The zero-order valence-corrected chi connectivity index (χ0v) is 17.9. The average Bonchev–Trinajstić information content (AvgIpc) is 3.53. The fourth-order valence-corrected chi connectivity index (χ4v) is 4.36. The third-order valence-corrected chi connectivity index (χ3v) is 6.13. The quantitative estimate of drug-likeness (QED) is 0.654. The van der Waals surface area contributed by atoms with Crippen LogP contribution in [0.25, 0.3) is 5.69 Å². The van der Waals surface area contributed by atoms with Crippen molar-refractivity contribution in [3.63, 3.8) is 0 Å². The second-order valence-corrected chi connectivity index (χ2v) is 8.28. The Morgan fingerprint density at radius 3 is 2.19 bits per heavy atom. The number of aromatic nitrogens is 3. The van der Waals surface area contributed by atoms with Crippen molar-refractivity contribution in [1.29, 1.82) is 0 Å². The van der Waals surface area contributed by atoms with Crippen molar-refractivity contribution in [2.24, 2.45) is 0 Å². The van der Waals surface area contributed by atoms with Crippen LogP contribution in [0.3, 0.4) is 0 Å². The van der Waals surface area contributed by atoms with Crippen LogP contribution in [0.2, 0.25) is 0 Å². The molecule has 2 aliphatic rings. The molecule has 31 heavy (non-hydrogen) atoms. The smallest absolute Gasteiger partial charge is 0.253 e. The number of hydrogen-bond acceptors (Lipinski definition) is 5. The van der Waals surface area contributed by atoms with Gasteiger partial charge in [0, 0.05) is 74.7 Å². The van der Waals surface area contributed by atoms with Gasteiger partial charge < -0.3 is 19.3 Å². The van der Waals surface area contributed by atoms with Crippen LogP contribution >= 0.6 is 0 Å². The summed E-state index contributed by atoms with van der Waals surface area (Å²) in [5.74, 6) is 1.90. The minimum atomic E-state index is 0.0929. The fourth-order valence-electron chi connectivity index (χ4n) is 4.36. The number of carbonyl (C=O) groups excluding carboxylic acids is 1. The number of piperazine rings is 1. The maximum absolute atomic E-state index is 13.0. The lowest BCUT2D eigenvalue weighted by atomic mass is 10.1. The molecule has 4 heterocycles. The van der Waals surface area contributed by atoms with E-state index in [9.17, 15) is 4.79 Å². The molecule has 2 saturated heterocycles. The molecule has 0 N–H and O–H groups in total. The molecule has 0 bridgehead atoms. The number of benzene rings is 1. The topological polar surface area (TPSA) is 57.5 Å². The third-order valence-electron chi connectivity index (χ3n) is 6.13. The maximum Gasteiger partial charge on any atom is 0.253 e. The van der Waals surface area contributed by atoms with Crippen molar-refractivity contribution >= 4 is 17.7 Å². The van der Waals surface area contributed by atoms with Crippen LogP contribution in [0.1, 0.15) is 28.9 Å². The largest absolute Gasteiger partial charge is 0.353 e. The van der Waals surface area contributed by atoms with E-state index in [0.717, 1.165) is 54.9 Å². The number of rotatable bonds is 4. The first-order valence-corrected chi connectivity index (χ1v) is 11.1. The zero-order chi connectivity index (χ0) is 21.2. The first kappa shape index (κ1) is 19.6. The minimum Gasteiger partial charge on any atom is -0.353 e. The van der Waals surface area contributed by atoms with Crippen LogP contribution < -0.4 is 9.80 Å². The lowest BCUT2D eigenvalue weighted by molar-refractivity contribution is 0.0746. The normalized spacial score (nSPS) is 16.7.